The Bertz CT molecular complexity index is 1000. The molecule has 0 unspecified atom stereocenters. The first-order valence-corrected chi connectivity index (χ1v) is 11.0. The van der Waals surface area contributed by atoms with E-state index in [0.29, 0.717) is 6.54 Å². The van der Waals surface area contributed by atoms with Crippen LogP contribution in [0.25, 0.3) is 0 Å². The molecule has 3 aromatic rings. The summed E-state index contributed by atoms with van der Waals surface area (Å²) in [5.41, 5.74) is 2.22. The molecule has 1 aromatic carbocycles. The van der Waals surface area contributed by atoms with Gasteiger partial charge >= 0.3 is 0 Å². The number of aromatic nitrogens is 2. The molecule has 33 heavy (non-hydrogen) atoms. The minimum Gasteiger partial charge on any atom is -0.368 e. The largest absolute Gasteiger partial charge is 0.368 e. The normalized spacial score (nSPS) is 14.1. The van der Waals surface area contributed by atoms with E-state index in [1.807, 2.05) is 36.5 Å². The molecule has 1 fully saturated rings. The van der Waals surface area contributed by atoms with Crippen molar-refractivity contribution in [2.45, 2.75) is 13.1 Å². The van der Waals surface area contributed by atoms with Crippen LogP contribution in [0.5, 0.6) is 0 Å². The number of halogens is 2. The van der Waals surface area contributed by atoms with E-state index >= 15 is 0 Å². The van der Waals surface area contributed by atoms with Gasteiger partial charge in [-0.25, -0.2) is 9.37 Å². The summed E-state index contributed by atoms with van der Waals surface area (Å²) in [5, 5.41) is 6.72. The van der Waals surface area contributed by atoms with Crippen LogP contribution >= 0.6 is 24.0 Å². The summed E-state index contributed by atoms with van der Waals surface area (Å²) in [7, 11) is 1.78. The summed E-state index contributed by atoms with van der Waals surface area (Å²) in [6.45, 7) is 5.88. The van der Waals surface area contributed by atoms with E-state index < -0.39 is 0 Å². The predicted octanol–water partition coefficient (Wildman–Crippen LogP) is 3.33. The highest BCUT2D eigenvalue weighted by molar-refractivity contribution is 14.0. The lowest BCUT2D eigenvalue weighted by molar-refractivity contribution is 0.624. The standard InChI is InChI=1S/C24H30FN7.HI/c1-26-24(28-10-13-30-11-2-3-12-30)29-19-20-8-9-27-23(18-20)32-16-14-31(15-17-32)22-6-4-21(25)5-7-22;/h2-9,11-12,18H,10,13-17,19H2,1H3,(H2,26,28,29);1H. The highest BCUT2D eigenvalue weighted by Crippen LogP contribution is 2.20. The number of nitrogens with zero attached hydrogens (tertiary/aromatic N) is 5. The molecule has 4 rings (SSSR count). The molecule has 9 heteroatoms. The fourth-order valence-electron chi connectivity index (χ4n) is 3.82. The third-order valence-corrected chi connectivity index (χ3v) is 5.62. The molecule has 1 saturated heterocycles. The Morgan fingerprint density at radius 2 is 1.70 bits per heavy atom. The number of benzene rings is 1. The summed E-state index contributed by atoms with van der Waals surface area (Å²) in [4.78, 5) is 13.5. The minimum absolute atomic E-state index is 0. The van der Waals surface area contributed by atoms with E-state index in [-0.39, 0.29) is 29.8 Å². The predicted molar refractivity (Wildman–Crippen MR) is 143 cm³/mol. The van der Waals surface area contributed by atoms with Gasteiger partial charge in [0.15, 0.2) is 5.96 Å². The van der Waals surface area contributed by atoms with E-state index in [1.165, 1.54) is 12.1 Å². The maximum Gasteiger partial charge on any atom is 0.191 e. The molecule has 2 N–H and O–H groups in total. The fraction of sp³-hybridized carbons (Fsp3) is 0.333. The number of rotatable bonds is 7. The molecule has 2 aromatic heterocycles. The zero-order valence-electron chi connectivity index (χ0n) is 18.8. The van der Waals surface area contributed by atoms with Gasteiger partial charge in [-0.3, -0.25) is 4.99 Å². The van der Waals surface area contributed by atoms with Gasteiger partial charge in [0.1, 0.15) is 11.6 Å². The van der Waals surface area contributed by atoms with E-state index in [2.05, 4.69) is 53.4 Å². The Morgan fingerprint density at radius 1 is 1.00 bits per heavy atom. The van der Waals surface area contributed by atoms with Crippen molar-refractivity contribution in [1.82, 2.24) is 20.2 Å². The maximum atomic E-state index is 13.2. The molecule has 1 aliphatic rings. The summed E-state index contributed by atoms with van der Waals surface area (Å²) >= 11 is 0. The highest BCUT2D eigenvalue weighted by Gasteiger charge is 2.18. The SMILES string of the molecule is CN=C(NCCn1cccc1)NCc1ccnc(N2CCN(c3ccc(F)cc3)CC2)c1.I. The van der Waals surface area contributed by atoms with Gasteiger partial charge in [0.25, 0.3) is 0 Å². The van der Waals surface area contributed by atoms with Crippen LogP contribution in [0.15, 0.2) is 72.1 Å². The topological polar surface area (TPSA) is 60.7 Å². The monoisotopic (exact) mass is 563 g/mol. The van der Waals surface area contributed by atoms with Gasteiger partial charge in [-0.05, 0) is 54.1 Å². The third-order valence-electron chi connectivity index (χ3n) is 5.62. The molecule has 0 aliphatic carbocycles. The summed E-state index contributed by atoms with van der Waals surface area (Å²) in [5.74, 6) is 1.57. The van der Waals surface area contributed by atoms with Crippen LogP contribution < -0.4 is 20.4 Å². The van der Waals surface area contributed by atoms with Crippen molar-refractivity contribution in [2.24, 2.45) is 4.99 Å². The van der Waals surface area contributed by atoms with Crippen molar-refractivity contribution < 1.29 is 4.39 Å². The number of anilines is 2. The maximum absolute atomic E-state index is 13.2. The van der Waals surface area contributed by atoms with Gasteiger partial charge in [-0.15, -0.1) is 24.0 Å². The van der Waals surface area contributed by atoms with Crippen molar-refractivity contribution in [1.29, 1.82) is 0 Å². The fourth-order valence-corrected chi connectivity index (χ4v) is 3.82. The Kier molecular flexibility index (Phi) is 9.35. The first-order chi connectivity index (χ1) is 15.7. The number of pyridine rings is 1. The van der Waals surface area contributed by atoms with Gasteiger partial charge < -0.3 is 25.0 Å². The number of aliphatic imine (C=N–C) groups is 1. The molecule has 0 spiro atoms. The quantitative estimate of drug-likeness (QED) is 0.263. The second kappa shape index (κ2) is 12.4. The lowest BCUT2D eigenvalue weighted by atomic mass is 10.2. The molecule has 0 bridgehead atoms. The molecule has 1 aliphatic heterocycles. The number of hydrogen-bond acceptors (Lipinski definition) is 4. The van der Waals surface area contributed by atoms with Crippen LogP contribution in [0.2, 0.25) is 0 Å². The lowest BCUT2D eigenvalue weighted by Gasteiger charge is -2.36. The van der Waals surface area contributed by atoms with Crippen LogP contribution in [0.4, 0.5) is 15.9 Å². The van der Waals surface area contributed by atoms with Crippen LogP contribution in [0.3, 0.4) is 0 Å². The van der Waals surface area contributed by atoms with Gasteiger partial charge in [0.2, 0.25) is 0 Å². The van der Waals surface area contributed by atoms with E-state index in [4.69, 9.17) is 0 Å². The van der Waals surface area contributed by atoms with Gasteiger partial charge in [-0.2, -0.15) is 0 Å². The molecular formula is C24H31FIN7. The molecule has 7 nitrogen and oxygen atoms in total. The van der Waals surface area contributed by atoms with Crippen molar-refractivity contribution in [3.8, 4) is 0 Å². The number of nitrogens with one attached hydrogen (secondary N) is 2. The van der Waals surface area contributed by atoms with Gasteiger partial charge in [0.05, 0.1) is 0 Å². The van der Waals surface area contributed by atoms with Crippen molar-refractivity contribution in [3.63, 3.8) is 0 Å². The Morgan fingerprint density at radius 3 is 2.39 bits per heavy atom. The van der Waals surface area contributed by atoms with Gasteiger partial charge in [0, 0.05) is 77.1 Å². The number of piperazine rings is 1. The lowest BCUT2D eigenvalue weighted by Crippen LogP contribution is -2.46. The van der Waals surface area contributed by atoms with Gasteiger partial charge in [-0.1, -0.05) is 0 Å². The summed E-state index contributed by atoms with van der Waals surface area (Å²) < 4.78 is 15.3. The van der Waals surface area contributed by atoms with Crippen molar-refractivity contribution in [3.05, 3.63) is 78.5 Å². The molecular weight excluding hydrogens is 532 g/mol. The average molecular weight is 563 g/mol. The highest BCUT2D eigenvalue weighted by atomic mass is 127. The smallest absolute Gasteiger partial charge is 0.191 e. The molecule has 3 heterocycles. The second-order valence-corrected chi connectivity index (χ2v) is 7.75. The van der Waals surface area contributed by atoms with Crippen LogP contribution in [-0.4, -0.2) is 55.3 Å². The van der Waals surface area contributed by atoms with E-state index in [9.17, 15) is 4.39 Å². The first-order valence-electron chi connectivity index (χ1n) is 11.0. The molecule has 0 atom stereocenters. The third kappa shape index (κ3) is 7.08. The Hall–Kier alpha value is -2.82. The second-order valence-electron chi connectivity index (χ2n) is 7.75. The summed E-state index contributed by atoms with van der Waals surface area (Å²) in [6, 6.07) is 14.9. The average Bonchev–Trinajstić information content (AvgIpc) is 3.36. The number of guanidine groups is 1. The van der Waals surface area contributed by atoms with E-state index in [1.54, 1.807) is 7.05 Å². The first kappa shape index (κ1) is 24.8. The zero-order chi connectivity index (χ0) is 22.2. The van der Waals surface area contributed by atoms with Crippen molar-refractivity contribution >= 4 is 41.4 Å². The number of hydrogen-bond donors (Lipinski definition) is 2. The minimum atomic E-state index is -0.200. The Balaban J connectivity index is 0.00000306. The molecule has 0 radical (unpaired) electrons. The zero-order valence-corrected chi connectivity index (χ0v) is 21.2. The van der Waals surface area contributed by atoms with Crippen LogP contribution in [0, 0.1) is 5.82 Å². The van der Waals surface area contributed by atoms with E-state index in [0.717, 1.165) is 62.3 Å². The molecule has 0 amide bonds. The van der Waals surface area contributed by atoms with Crippen LogP contribution in [-0.2, 0) is 13.1 Å². The summed E-state index contributed by atoms with van der Waals surface area (Å²) in [6.07, 6.45) is 5.96. The molecule has 0 saturated carbocycles. The molecule has 176 valence electrons. The van der Waals surface area contributed by atoms with Crippen LogP contribution in [0.1, 0.15) is 5.56 Å². The van der Waals surface area contributed by atoms with Crippen molar-refractivity contribution in [2.75, 3.05) is 49.6 Å². The Labute approximate surface area is 211 Å².